The highest BCUT2D eigenvalue weighted by atomic mass is 79.9. The maximum absolute atomic E-state index is 5.77. The van der Waals surface area contributed by atoms with E-state index in [4.69, 9.17) is 5.73 Å². The molecule has 0 fully saturated rings. The Morgan fingerprint density at radius 3 is 2.27 bits per heavy atom. The number of anilines is 2. The van der Waals surface area contributed by atoms with Gasteiger partial charge >= 0.3 is 0 Å². The van der Waals surface area contributed by atoms with E-state index in [0.29, 0.717) is 0 Å². The van der Waals surface area contributed by atoms with Crippen molar-refractivity contribution < 1.29 is 0 Å². The van der Waals surface area contributed by atoms with Crippen LogP contribution in [0.1, 0.15) is 26.7 Å². The lowest BCUT2D eigenvalue weighted by molar-refractivity contribution is 0.745. The van der Waals surface area contributed by atoms with Crippen LogP contribution in [-0.4, -0.2) is 13.1 Å². The lowest BCUT2D eigenvalue weighted by atomic mass is 10.2. The highest BCUT2D eigenvalue weighted by Gasteiger charge is 2.05. The molecule has 0 saturated heterocycles. The van der Waals surface area contributed by atoms with Crippen LogP contribution in [0.2, 0.25) is 0 Å². The molecule has 15 heavy (non-hydrogen) atoms. The number of nitrogens with two attached hydrogens (primary N) is 1. The highest BCUT2D eigenvalue weighted by Crippen LogP contribution is 2.25. The van der Waals surface area contributed by atoms with Gasteiger partial charge in [-0.3, -0.25) is 0 Å². The third-order valence-corrected chi connectivity index (χ3v) is 3.02. The fourth-order valence-corrected chi connectivity index (χ4v) is 1.99. The van der Waals surface area contributed by atoms with E-state index in [-0.39, 0.29) is 0 Å². The predicted molar refractivity (Wildman–Crippen MR) is 71.3 cm³/mol. The summed E-state index contributed by atoms with van der Waals surface area (Å²) in [6, 6.07) is 6.14. The Morgan fingerprint density at radius 1 is 1.20 bits per heavy atom. The Bertz CT molecular complexity index is 306. The molecule has 0 unspecified atom stereocenters. The quantitative estimate of drug-likeness (QED) is 0.828. The fraction of sp³-hybridized carbons (Fsp3) is 0.500. The Labute approximate surface area is 101 Å². The standard InChI is InChI=1S/C12H19BrN2/c1-3-7-15(8-4-2)10-5-6-12(14)11(13)9-10/h5-6,9H,3-4,7-8,14H2,1-2H3. The molecule has 0 radical (unpaired) electrons. The van der Waals surface area contributed by atoms with Gasteiger partial charge in [-0.05, 0) is 47.0 Å². The summed E-state index contributed by atoms with van der Waals surface area (Å²) >= 11 is 3.46. The number of hydrogen-bond acceptors (Lipinski definition) is 2. The van der Waals surface area contributed by atoms with E-state index in [1.54, 1.807) is 0 Å². The Hall–Kier alpha value is -0.700. The molecular formula is C12H19BrN2. The van der Waals surface area contributed by atoms with Gasteiger partial charge in [-0.15, -0.1) is 0 Å². The molecule has 0 bridgehead atoms. The minimum absolute atomic E-state index is 0.798. The average molecular weight is 271 g/mol. The third kappa shape index (κ3) is 3.42. The van der Waals surface area contributed by atoms with Crippen LogP contribution in [0.15, 0.2) is 22.7 Å². The SMILES string of the molecule is CCCN(CCC)c1ccc(N)c(Br)c1. The van der Waals surface area contributed by atoms with Gasteiger partial charge in [0, 0.05) is 28.9 Å². The van der Waals surface area contributed by atoms with Crippen molar-refractivity contribution in [2.24, 2.45) is 0 Å². The molecule has 0 aromatic heterocycles. The molecule has 2 nitrogen and oxygen atoms in total. The summed E-state index contributed by atoms with van der Waals surface area (Å²) in [4.78, 5) is 2.39. The average Bonchev–Trinajstić information content (AvgIpc) is 2.22. The van der Waals surface area contributed by atoms with E-state index in [2.05, 4.69) is 46.8 Å². The van der Waals surface area contributed by atoms with Crippen LogP contribution in [0.25, 0.3) is 0 Å². The minimum Gasteiger partial charge on any atom is -0.398 e. The van der Waals surface area contributed by atoms with Crippen molar-refractivity contribution in [2.75, 3.05) is 23.7 Å². The lowest BCUT2D eigenvalue weighted by Gasteiger charge is -2.24. The first kappa shape index (κ1) is 12.4. The zero-order chi connectivity index (χ0) is 11.3. The van der Waals surface area contributed by atoms with E-state index >= 15 is 0 Å². The zero-order valence-electron chi connectivity index (χ0n) is 9.46. The zero-order valence-corrected chi connectivity index (χ0v) is 11.0. The van der Waals surface area contributed by atoms with Crippen LogP contribution in [0.4, 0.5) is 11.4 Å². The van der Waals surface area contributed by atoms with Gasteiger partial charge in [-0.1, -0.05) is 13.8 Å². The van der Waals surface area contributed by atoms with Crippen molar-refractivity contribution in [1.82, 2.24) is 0 Å². The normalized spacial score (nSPS) is 10.3. The third-order valence-electron chi connectivity index (χ3n) is 2.34. The Balaban J connectivity index is 2.85. The molecule has 2 N–H and O–H groups in total. The molecule has 0 amide bonds. The Kier molecular flexibility index (Phi) is 4.95. The van der Waals surface area contributed by atoms with Crippen LogP contribution in [0.5, 0.6) is 0 Å². The van der Waals surface area contributed by atoms with E-state index < -0.39 is 0 Å². The first-order valence-corrected chi connectivity index (χ1v) is 6.28. The van der Waals surface area contributed by atoms with Crippen molar-refractivity contribution >= 4 is 27.3 Å². The summed E-state index contributed by atoms with van der Waals surface area (Å²) in [5.41, 5.74) is 7.82. The van der Waals surface area contributed by atoms with Gasteiger partial charge in [-0.25, -0.2) is 0 Å². The molecule has 0 spiro atoms. The Morgan fingerprint density at radius 2 is 1.80 bits per heavy atom. The van der Waals surface area contributed by atoms with Crippen LogP contribution in [0.3, 0.4) is 0 Å². The van der Waals surface area contributed by atoms with Gasteiger partial charge in [0.1, 0.15) is 0 Å². The number of halogens is 1. The van der Waals surface area contributed by atoms with Gasteiger partial charge in [0.25, 0.3) is 0 Å². The van der Waals surface area contributed by atoms with Crippen LogP contribution in [-0.2, 0) is 0 Å². The second-order valence-electron chi connectivity index (χ2n) is 3.69. The monoisotopic (exact) mass is 270 g/mol. The molecular weight excluding hydrogens is 252 g/mol. The lowest BCUT2D eigenvalue weighted by Crippen LogP contribution is -2.24. The summed E-state index contributed by atoms with van der Waals surface area (Å²) in [5.74, 6) is 0. The van der Waals surface area contributed by atoms with E-state index in [1.807, 2.05) is 6.07 Å². The second kappa shape index (κ2) is 6.01. The van der Waals surface area contributed by atoms with Crippen molar-refractivity contribution in [1.29, 1.82) is 0 Å². The van der Waals surface area contributed by atoms with Gasteiger partial charge < -0.3 is 10.6 Å². The molecule has 0 heterocycles. The number of nitrogen functional groups attached to an aromatic ring is 1. The maximum Gasteiger partial charge on any atom is 0.0460 e. The van der Waals surface area contributed by atoms with Crippen molar-refractivity contribution in [3.8, 4) is 0 Å². The van der Waals surface area contributed by atoms with Crippen molar-refractivity contribution in [3.05, 3.63) is 22.7 Å². The number of hydrogen-bond donors (Lipinski definition) is 1. The molecule has 1 rings (SSSR count). The maximum atomic E-state index is 5.77. The number of rotatable bonds is 5. The topological polar surface area (TPSA) is 29.3 Å². The smallest absolute Gasteiger partial charge is 0.0460 e. The van der Waals surface area contributed by atoms with Crippen molar-refractivity contribution in [3.63, 3.8) is 0 Å². The van der Waals surface area contributed by atoms with E-state index in [0.717, 1.165) is 23.2 Å². The van der Waals surface area contributed by atoms with Gasteiger partial charge in [-0.2, -0.15) is 0 Å². The van der Waals surface area contributed by atoms with Crippen LogP contribution < -0.4 is 10.6 Å². The largest absolute Gasteiger partial charge is 0.398 e. The first-order valence-electron chi connectivity index (χ1n) is 5.49. The molecule has 0 atom stereocenters. The van der Waals surface area contributed by atoms with Crippen LogP contribution >= 0.6 is 15.9 Å². The predicted octanol–water partition coefficient (Wildman–Crippen LogP) is 3.66. The fourth-order valence-electron chi connectivity index (χ4n) is 1.62. The summed E-state index contributed by atoms with van der Waals surface area (Å²) in [5, 5.41) is 0. The second-order valence-corrected chi connectivity index (χ2v) is 4.55. The molecule has 84 valence electrons. The summed E-state index contributed by atoms with van der Waals surface area (Å²) in [6.45, 7) is 6.61. The van der Waals surface area contributed by atoms with Crippen LogP contribution in [0, 0.1) is 0 Å². The van der Waals surface area contributed by atoms with Crippen molar-refractivity contribution in [2.45, 2.75) is 26.7 Å². The van der Waals surface area contributed by atoms with Gasteiger partial charge in [0.05, 0.1) is 0 Å². The summed E-state index contributed by atoms with van der Waals surface area (Å²) < 4.78 is 0.984. The molecule has 0 saturated carbocycles. The van der Waals surface area contributed by atoms with Gasteiger partial charge in [0.15, 0.2) is 0 Å². The minimum atomic E-state index is 0.798. The summed E-state index contributed by atoms with van der Waals surface area (Å²) in [6.07, 6.45) is 2.34. The molecule has 0 aliphatic rings. The van der Waals surface area contributed by atoms with Gasteiger partial charge in [0.2, 0.25) is 0 Å². The molecule has 0 aliphatic heterocycles. The number of benzene rings is 1. The summed E-state index contributed by atoms with van der Waals surface area (Å²) in [7, 11) is 0. The molecule has 3 heteroatoms. The highest BCUT2D eigenvalue weighted by molar-refractivity contribution is 9.10. The molecule has 0 aliphatic carbocycles. The van der Waals surface area contributed by atoms with E-state index in [9.17, 15) is 0 Å². The first-order chi connectivity index (χ1) is 7.19. The molecule has 1 aromatic rings. The van der Waals surface area contributed by atoms with E-state index in [1.165, 1.54) is 18.5 Å². The molecule has 1 aromatic carbocycles. The number of nitrogens with zero attached hydrogens (tertiary/aromatic N) is 1.